The molecule has 0 unspecified atom stereocenters. The van der Waals surface area contributed by atoms with Crippen LogP contribution in [-0.2, 0) is 32.3 Å². The minimum Gasteiger partial charge on any atom is -0.352 e. The summed E-state index contributed by atoms with van der Waals surface area (Å²) in [7, 11) is -4.51. The van der Waals surface area contributed by atoms with Gasteiger partial charge in [0.05, 0.1) is 16.1 Å². The van der Waals surface area contributed by atoms with Crippen molar-refractivity contribution in [3.63, 3.8) is 0 Å². The molecule has 44 heavy (non-hydrogen) atoms. The SMILES string of the molecule is CC[C@@H](C(=O)NC1CCCCC1)N(Cc1ccccc1Cl)C(=O)CN(c1cccc(C(F)(F)F)c1)S(=O)(=O)c1ccccc1. The van der Waals surface area contributed by atoms with Crippen LogP contribution in [-0.4, -0.2) is 43.8 Å². The predicted molar refractivity (Wildman–Crippen MR) is 164 cm³/mol. The molecule has 4 rings (SSSR count). The third-order valence-corrected chi connectivity index (χ3v) is 9.86. The molecule has 0 heterocycles. The summed E-state index contributed by atoms with van der Waals surface area (Å²) >= 11 is 6.42. The van der Waals surface area contributed by atoms with E-state index in [1.807, 2.05) is 0 Å². The van der Waals surface area contributed by atoms with Crippen molar-refractivity contribution in [3.05, 3.63) is 95.0 Å². The van der Waals surface area contributed by atoms with Gasteiger partial charge in [-0.25, -0.2) is 8.42 Å². The Morgan fingerprint density at radius 2 is 1.61 bits per heavy atom. The van der Waals surface area contributed by atoms with Crippen molar-refractivity contribution in [3.8, 4) is 0 Å². The summed E-state index contributed by atoms with van der Waals surface area (Å²) in [5, 5.41) is 3.39. The first-order chi connectivity index (χ1) is 20.9. The number of benzene rings is 3. The summed E-state index contributed by atoms with van der Waals surface area (Å²) in [6, 6.07) is 16.7. The molecule has 0 radical (unpaired) electrons. The Labute approximate surface area is 261 Å². The zero-order valence-corrected chi connectivity index (χ0v) is 25.8. The number of nitrogens with one attached hydrogen (secondary N) is 1. The highest BCUT2D eigenvalue weighted by atomic mass is 35.5. The van der Waals surface area contributed by atoms with Crippen molar-refractivity contribution in [2.75, 3.05) is 10.8 Å². The van der Waals surface area contributed by atoms with Crippen LogP contribution in [0.3, 0.4) is 0 Å². The van der Waals surface area contributed by atoms with Crippen LogP contribution in [0.15, 0.2) is 83.8 Å². The molecule has 1 atom stereocenters. The third kappa shape index (κ3) is 8.12. The number of anilines is 1. The average Bonchev–Trinajstić information content (AvgIpc) is 3.01. The van der Waals surface area contributed by atoms with Crippen LogP contribution >= 0.6 is 11.6 Å². The average molecular weight is 650 g/mol. The Kier molecular flexibility index (Phi) is 11.0. The van der Waals surface area contributed by atoms with Crippen LogP contribution in [0.5, 0.6) is 0 Å². The van der Waals surface area contributed by atoms with Gasteiger partial charge in [-0.3, -0.25) is 13.9 Å². The number of amides is 2. The molecule has 1 fully saturated rings. The second-order valence-electron chi connectivity index (χ2n) is 10.8. The summed E-state index contributed by atoms with van der Waals surface area (Å²) in [5.74, 6) is -1.15. The van der Waals surface area contributed by atoms with E-state index in [2.05, 4.69) is 5.32 Å². The van der Waals surface area contributed by atoms with Gasteiger partial charge >= 0.3 is 6.18 Å². The minimum absolute atomic E-state index is 0.0392. The molecular weight excluding hydrogens is 615 g/mol. The molecule has 1 N–H and O–H groups in total. The third-order valence-electron chi connectivity index (χ3n) is 7.71. The molecule has 0 bridgehead atoms. The lowest BCUT2D eigenvalue weighted by atomic mass is 9.95. The van der Waals surface area contributed by atoms with Crippen molar-refractivity contribution < 1.29 is 31.2 Å². The summed E-state index contributed by atoms with van der Waals surface area (Å²) in [6.45, 7) is 0.774. The van der Waals surface area contributed by atoms with Gasteiger partial charge in [-0.05, 0) is 61.2 Å². The molecule has 236 valence electrons. The molecule has 7 nitrogen and oxygen atoms in total. The molecule has 2 amide bonds. The molecule has 0 saturated heterocycles. The van der Waals surface area contributed by atoms with Crippen molar-refractivity contribution in [2.24, 2.45) is 0 Å². The highest BCUT2D eigenvalue weighted by Gasteiger charge is 2.36. The monoisotopic (exact) mass is 649 g/mol. The van der Waals surface area contributed by atoms with Gasteiger partial charge in [0.25, 0.3) is 10.0 Å². The number of nitrogens with zero attached hydrogens (tertiary/aromatic N) is 2. The Balaban J connectivity index is 1.75. The molecule has 0 spiro atoms. The van der Waals surface area contributed by atoms with Gasteiger partial charge in [-0.2, -0.15) is 13.2 Å². The van der Waals surface area contributed by atoms with Gasteiger partial charge < -0.3 is 10.2 Å². The molecule has 1 aliphatic rings. The first-order valence-corrected chi connectivity index (χ1v) is 16.3. The van der Waals surface area contributed by atoms with Crippen LogP contribution in [0.25, 0.3) is 0 Å². The second-order valence-corrected chi connectivity index (χ2v) is 13.0. The maximum atomic E-state index is 14.2. The highest BCUT2D eigenvalue weighted by Crippen LogP contribution is 2.33. The van der Waals surface area contributed by atoms with Crippen LogP contribution in [0.2, 0.25) is 5.02 Å². The van der Waals surface area contributed by atoms with Gasteiger partial charge in [0, 0.05) is 17.6 Å². The van der Waals surface area contributed by atoms with Crippen LogP contribution in [0.1, 0.15) is 56.6 Å². The topological polar surface area (TPSA) is 86.8 Å². The first-order valence-electron chi connectivity index (χ1n) is 14.5. The molecular formula is C32H35ClF3N3O4S. The van der Waals surface area contributed by atoms with E-state index in [4.69, 9.17) is 11.6 Å². The molecule has 12 heteroatoms. The largest absolute Gasteiger partial charge is 0.416 e. The molecule has 3 aromatic rings. The molecule has 1 saturated carbocycles. The van der Waals surface area contributed by atoms with Crippen LogP contribution < -0.4 is 9.62 Å². The summed E-state index contributed by atoms with van der Waals surface area (Å²) in [6.07, 6.45) is 0.146. The van der Waals surface area contributed by atoms with E-state index in [0.717, 1.165) is 44.2 Å². The van der Waals surface area contributed by atoms with Gasteiger partial charge in [0.15, 0.2) is 0 Å². The number of hydrogen-bond donors (Lipinski definition) is 1. The van der Waals surface area contributed by atoms with Gasteiger partial charge in [0.2, 0.25) is 11.8 Å². The zero-order chi connectivity index (χ0) is 31.9. The zero-order valence-electron chi connectivity index (χ0n) is 24.3. The Morgan fingerprint density at radius 3 is 2.25 bits per heavy atom. The summed E-state index contributed by atoms with van der Waals surface area (Å²) in [4.78, 5) is 28.8. The maximum Gasteiger partial charge on any atom is 0.416 e. The standard InChI is InChI=1S/C32H35ClF3N3O4S/c1-2-29(31(41)37-25-14-5-3-6-15-25)38(21-23-12-9-10-19-28(23)33)30(40)22-39(44(42,43)27-17-7-4-8-18-27)26-16-11-13-24(20-26)32(34,35)36/h4,7-13,16-20,25,29H,2-3,5-6,14-15,21-22H2,1H3,(H,37,41)/t29-/m0/s1. The van der Waals surface area contributed by atoms with E-state index >= 15 is 0 Å². The van der Waals surface area contributed by atoms with E-state index in [1.165, 1.54) is 35.2 Å². The lowest BCUT2D eigenvalue weighted by Crippen LogP contribution is -2.54. The van der Waals surface area contributed by atoms with E-state index in [1.54, 1.807) is 37.3 Å². The predicted octanol–water partition coefficient (Wildman–Crippen LogP) is 6.81. The van der Waals surface area contributed by atoms with Crippen molar-refractivity contribution >= 4 is 39.1 Å². The normalized spacial score (nSPS) is 14.9. The second kappa shape index (κ2) is 14.5. The molecule has 3 aromatic carbocycles. The smallest absolute Gasteiger partial charge is 0.352 e. The Hall–Kier alpha value is -3.57. The fourth-order valence-corrected chi connectivity index (χ4v) is 6.98. The molecule has 0 aliphatic heterocycles. The first kappa shape index (κ1) is 33.3. The van der Waals surface area contributed by atoms with Crippen molar-refractivity contribution in [1.82, 2.24) is 10.2 Å². The fraction of sp³-hybridized carbons (Fsp3) is 0.375. The summed E-state index contributed by atoms with van der Waals surface area (Å²) in [5.41, 5.74) is -0.876. The van der Waals surface area contributed by atoms with Crippen molar-refractivity contribution in [1.29, 1.82) is 0 Å². The Bertz CT molecular complexity index is 1550. The number of halogens is 4. The number of rotatable bonds is 11. The molecule has 1 aliphatic carbocycles. The van der Waals surface area contributed by atoms with E-state index in [0.29, 0.717) is 21.0 Å². The van der Waals surface area contributed by atoms with Crippen molar-refractivity contribution in [2.45, 2.75) is 75.1 Å². The number of carbonyl (C=O) groups excluding carboxylic acids is 2. The minimum atomic E-state index is -4.75. The lowest BCUT2D eigenvalue weighted by molar-refractivity contribution is -0.140. The highest BCUT2D eigenvalue weighted by molar-refractivity contribution is 7.92. The number of carbonyl (C=O) groups is 2. The van der Waals surface area contributed by atoms with Crippen LogP contribution in [0.4, 0.5) is 18.9 Å². The van der Waals surface area contributed by atoms with Gasteiger partial charge in [-0.15, -0.1) is 0 Å². The summed E-state index contributed by atoms with van der Waals surface area (Å²) < 4.78 is 69.4. The van der Waals surface area contributed by atoms with E-state index in [9.17, 15) is 31.2 Å². The van der Waals surface area contributed by atoms with E-state index < -0.39 is 40.3 Å². The quantitative estimate of drug-likeness (QED) is 0.247. The van der Waals surface area contributed by atoms with E-state index in [-0.39, 0.29) is 35.5 Å². The number of alkyl halides is 3. The molecule has 0 aromatic heterocycles. The van der Waals surface area contributed by atoms with Gasteiger partial charge in [-0.1, -0.05) is 80.3 Å². The Morgan fingerprint density at radius 1 is 0.955 bits per heavy atom. The fourth-order valence-electron chi connectivity index (χ4n) is 5.36. The number of sulfonamides is 1. The lowest BCUT2D eigenvalue weighted by Gasteiger charge is -2.34. The van der Waals surface area contributed by atoms with Crippen LogP contribution in [0, 0.1) is 0 Å². The number of hydrogen-bond acceptors (Lipinski definition) is 4. The maximum absolute atomic E-state index is 14.2. The van der Waals surface area contributed by atoms with Gasteiger partial charge in [0.1, 0.15) is 12.6 Å².